The normalized spacial score (nSPS) is 17.6. The summed E-state index contributed by atoms with van der Waals surface area (Å²) in [6.45, 7) is 2.15. The maximum absolute atomic E-state index is 11.6. The molecule has 5 nitrogen and oxygen atoms in total. The molecule has 1 fully saturated rings. The van der Waals surface area contributed by atoms with Crippen LogP contribution < -0.4 is 5.32 Å². The van der Waals surface area contributed by atoms with E-state index in [1.54, 1.807) is 6.92 Å². The van der Waals surface area contributed by atoms with Crippen molar-refractivity contribution >= 4 is 15.9 Å². The molecule has 0 aromatic rings. The first kappa shape index (κ1) is 16.4. The van der Waals surface area contributed by atoms with Gasteiger partial charge in [0.05, 0.1) is 12.3 Å². The molecule has 0 bridgehead atoms. The van der Waals surface area contributed by atoms with Crippen molar-refractivity contribution in [3.63, 3.8) is 0 Å². The van der Waals surface area contributed by atoms with Crippen LogP contribution in [0.25, 0.3) is 0 Å². The summed E-state index contributed by atoms with van der Waals surface area (Å²) in [4.78, 5) is 11.6. The smallest absolute Gasteiger partial charge is 0.235 e. The number of rotatable bonds is 7. The third-order valence-electron chi connectivity index (χ3n) is 3.81. The summed E-state index contributed by atoms with van der Waals surface area (Å²) < 4.78 is 24.1. The third-order valence-corrected chi connectivity index (χ3v) is 5.61. The van der Waals surface area contributed by atoms with E-state index >= 15 is 0 Å². The van der Waals surface area contributed by atoms with E-state index in [1.165, 1.54) is 39.2 Å². The van der Waals surface area contributed by atoms with Gasteiger partial charge in [-0.1, -0.05) is 32.1 Å². The van der Waals surface area contributed by atoms with Crippen LogP contribution in [0.4, 0.5) is 0 Å². The summed E-state index contributed by atoms with van der Waals surface area (Å²) in [6, 6.07) is 0. The number of nitrogens with one attached hydrogen (secondary N) is 1. The summed E-state index contributed by atoms with van der Waals surface area (Å²) in [5.74, 6) is 0.542. The zero-order valence-electron chi connectivity index (χ0n) is 12.0. The van der Waals surface area contributed by atoms with Crippen molar-refractivity contribution in [3.05, 3.63) is 0 Å². The van der Waals surface area contributed by atoms with E-state index in [1.807, 2.05) is 0 Å². The average Bonchev–Trinajstić information content (AvgIpc) is 2.39. The van der Waals surface area contributed by atoms with Crippen LogP contribution in [0.5, 0.6) is 0 Å². The van der Waals surface area contributed by atoms with E-state index in [-0.39, 0.29) is 18.2 Å². The van der Waals surface area contributed by atoms with Crippen molar-refractivity contribution in [1.29, 1.82) is 0 Å². The van der Waals surface area contributed by atoms with E-state index in [0.717, 1.165) is 16.6 Å². The van der Waals surface area contributed by atoms with Gasteiger partial charge in [-0.15, -0.1) is 0 Å². The number of likely N-dealkylation sites (N-methyl/N-ethyl adjacent to an activating group) is 1. The monoisotopic (exact) mass is 290 g/mol. The van der Waals surface area contributed by atoms with Gasteiger partial charge in [-0.05, 0) is 19.3 Å². The van der Waals surface area contributed by atoms with E-state index in [0.29, 0.717) is 6.54 Å². The van der Waals surface area contributed by atoms with Crippen LogP contribution in [0, 0.1) is 5.92 Å². The second-order valence-electron chi connectivity index (χ2n) is 5.30. The summed E-state index contributed by atoms with van der Waals surface area (Å²) in [7, 11) is -1.82. The molecule has 112 valence electrons. The van der Waals surface area contributed by atoms with Gasteiger partial charge in [0.2, 0.25) is 15.9 Å². The van der Waals surface area contributed by atoms with Crippen molar-refractivity contribution in [3.8, 4) is 0 Å². The molecule has 0 aliphatic heterocycles. The lowest BCUT2D eigenvalue weighted by atomic mass is 9.87. The number of hydrogen-bond acceptors (Lipinski definition) is 3. The highest BCUT2D eigenvalue weighted by Gasteiger charge is 2.18. The number of amides is 1. The number of hydrogen-bond donors (Lipinski definition) is 1. The largest absolute Gasteiger partial charge is 0.355 e. The first-order chi connectivity index (χ1) is 8.95. The molecule has 19 heavy (non-hydrogen) atoms. The van der Waals surface area contributed by atoms with Crippen LogP contribution in [-0.2, 0) is 14.8 Å². The van der Waals surface area contributed by atoms with E-state index < -0.39 is 10.0 Å². The fourth-order valence-corrected chi connectivity index (χ4v) is 3.22. The third kappa shape index (κ3) is 5.91. The van der Waals surface area contributed by atoms with Crippen LogP contribution in [0.3, 0.4) is 0 Å². The summed E-state index contributed by atoms with van der Waals surface area (Å²) in [5, 5.41) is 2.81. The van der Waals surface area contributed by atoms with Crippen LogP contribution in [0.1, 0.15) is 45.4 Å². The Hall–Kier alpha value is -0.620. The predicted octanol–water partition coefficient (Wildman–Crippen LogP) is 1.35. The zero-order chi connectivity index (χ0) is 14.3. The average molecular weight is 290 g/mol. The highest BCUT2D eigenvalue weighted by molar-refractivity contribution is 7.89. The Morgan fingerprint density at radius 1 is 1.26 bits per heavy atom. The van der Waals surface area contributed by atoms with Gasteiger partial charge in [-0.25, -0.2) is 8.42 Å². The number of carbonyl (C=O) groups is 1. The van der Waals surface area contributed by atoms with Crippen LogP contribution in [-0.4, -0.2) is 44.5 Å². The van der Waals surface area contributed by atoms with Gasteiger partial charge in [0.25, 0.3) is 0 Å². The Morgan fingerprint density at radius 2 is 1.89 bits per heavy atom. The molecule has 0 radical (unpaired) electrons. The molecule has 0 saturated heterocycles. The lowest BCUT2D eigenvalue weighted by molar-refractivity contribution is -0.121. The molecular weight excluding hydrogens is 264 g/mol. The van der Waals surface area contributed by atoms with Crippen LogP contribution in [0.2, 0.25) is 0 Å². The van der Waals surface area contributed by atoms with Crippen molar-refractivity contribution in [2.75, 3.05) is 25.9 Å². The fourth-order valence-electron chi connectivity index (χ4n) is 2.47. The molecule has 1 amide bonds. The van der Waals surface area contributed by atoms with Crippen LogP contribution in [0.15, 0.2) is 0 Å². The summed E-state index contributed by atoms with van der Waals surface area (Å²) >= 11 is 0. The molecule has 1 N–H and O–H groups in total. The standard InChI is InChI=1S/C13H26N2O3S/c1-3-19(17,18)15(2)11-13(16)14-10-9-12-7-5-4-6-8-12/h12H,3-11H2,1-2H3,(H,14,16). The first-order valence-corrected chi connectivity index (χ1v) is 8.77. The molecule has 1 aliphatic carbocycles. The lowest BCUT2D eigenvalue weighted by Crippen LogP contribution is -2.39. The Balaban J connectivity index is 2.20. The van der Waals surface area contributed by atoms with Crippen molar-refractivity contribution in [2.45, 2.75) is 45.4 Å². The molecule has 0 aromatic heterocycles. The second kappa shape index (κ2) is 7.85. The SMILES string of the molecule is CCS(=O)(=O)N(C)CC(=O)NCCC1CCCCC1. The van der Waals surface area contributed by atoms with E-state index in [2.05, 4.69) is 5.32 Å². The molecular formula is C13H26N2O3S. The van der Waals surface area contributed by atoms with Gasteiger partial charge < -0.3 is 5.32 Å². The van der Waals surface area contributed by atoms with Crippen molar-refractivity contribution in [2.24, 2.45) is 5.92 Å². The van der Waals surface area contributed by atoms with Crippen LogP contribution >= 0.6 is 0 Å². The Kier molecular flexibility index (Phi) is 6.79. The lowest BCUT2D eigenvalue weighted by Gasteiger charge is -2.21. The highest BCUT2D eigenvalue weighted by Crippen LogP contribution is 2.25. The zero-order valence-corrected chi connectivity index (χ0v) is 12.8. The molecule has 0 heterocycles. The maximum Gasteiger partial charge on any atom is 0.235 e. The highest BCUT2D eigenvalue weighted by atomic mass is 32.2. The van der Waals surface area contributed by atoms with Gasteiger partial charge in [-0.2, -0.15) is 4.31 Å². The van der Waals surface area contributed by atoms with Gasteiger partial charge in [0, 0.05) is 13.6 Å². The molecule has 0 atom stereocenters. The molecule has 1 saturated carbocycles. The summed E-state index contributed by atoms with van der Waals surface area (Å²) in [5.41, 5.74) is 0. The molecule has 1 aliphatic rings. The van der Waals surface area contributed by atoms with Gasteiger partial charge in [0.15, 0.2) is 0 Å². The van der Waals surface area contributed by atoms with Crippen molar-refractivity contribution < 1.29 is 13.2 Å². The van der Waals surface area contributed by atoms with Gasteiger partial charge in [0.1, 0.15) is 0 Å². The topological polar surface area (TPSA) is 66.5 Å². The minimum Gasteiger partial charge on any atom is -0.355 e. The molecule has 0 unspecified atom stereocenters. The minimum atomic E-state index is -3.27. The molecule has 1 rings (SSSR count). The first-order valence-electron chi connectivity index (χ1n) is 7.16. The minimum absolute atomic E-state index is 0.0266. The summed E-state index contributed by atoms with van der Waals surface area (Å²) in [6.07, 6.45) is 7.48. The quantitative estimate of drug-likeness (QED) is 0.770. The molecule has 6 heteroatoms. The Bertz CT molecular complexity index is 375. The second-order valence-corrected chi connectivity index (χ2v) is 7.66. The molecule has 0 spiro atoms. The van der Waals surface area contributed by atoms with Gasteiger partial charge in [-0.3, -0.25) is 4.79 Å². The van der Waals surface area contributed by atoms with E-state index in [9.17, 15) is 13.2 Å². The Morgan fingerprint density at radius 3 is 2.47 bits per heavy atom. The van der Waals surface area contributed by atoms with Gasteiger partial charge >= 0.3 is 0 Å². The van der Waals surface area contributed by atoms with Crippen molar-refractivity contribution in [1.82, 2.24) is 9.62 Å². The fraction of sp³-hybridized carbons (Fsp3) is 0.923. The number of nitrogens with zero attached hydrogens (tertiary/aromatic N) is 1. The molecule has 0 aromatic carbocycles. The van der Waals surface area contributed by atoms with E-state index in [4.69, 9.17) is 0 Å². The predicted molar refractivity (Wildman–Crippen MR) is 76.3 cm³/mol. The Labute approximate surface area is 116 Å². The maximum atomic E-state index is 11.6. The number of carbonyl (C=O) groups excluding carboxylic acids is 1. The number of sulfonamides is 1.